The van der Waals surface area contributed by atoms with Crippen molar-refractivity contribution < 1.29 is 23.4 Å². The average Bonchev–Trinajstić information content (AvgIpc) is 3.17. The normalized spacial score (nSPS) is 15.3. The summed E-state index contributed by atoms with van der Waals surface area (Å²) in [6.45, 7) is 3.61. The van der Waals surface area contributed by atoms with Crippen LogP contribution in [0.5, 0.6) is 11.5 Å². The van der Waals surface area contributed by atoms with Crippen LogP contribution in [0.3, 0.4) is 0 Å². The number of methoxy groups -OCH3 is 2. The van der Waals surface area contributed by atoms with Gasteiger partial charge in [0.15, 0.2) is 16.3 Å². The van der Waals surface area contributed by atoms with Crippen LogP contribution < -0.4 is 29.7 Å². The lowest BCUT2D eigenvalue weighted by atomic mass is 9.95. The Morgan fingerprint density at radius 2 is 1.89 bits per heavy atom. The van der Waals surface area contributed by atoms with Crippen molar-refractivity contribution in [2.45, 2.75) is 19.9 Å². The maximum atomic E-state index is 13.5. The molecule has 182 valence electrons. The van der Waals surface area contributed by atoms with Crippen LogP contribution in [0.1, 0.15) is 25.5 Å². The Morgan fingerprint density at radius 3 is 2.54 bits per heavy atom. The van der Waals surface area contributed by atoms with Crippen LogP contribution in [0.2, 0.25) is 0 Å². The molecule has 0 fully saturated rings. The summed E-state index contributed by atoms with van der Waals surface area (Å²) in [7, 11) is 3.05. The number of halogens is 1. The van der Waals surface area contributed by atoms with E-state index < -0.39 is 12.0 Å². The molecule has 2 heterocycles. The number of nitrogens with zero attached hydrogens (tertiary/aromatic N) is 2. The fourth-order valence-corrected chi connectivity index (χ4v) is 4.79. The van der Waals surface area contributed by atoms with Gasteiger partial charge in [-0.15, -0.1) is 0 Å². The van der Waals surface area contributed by atoms with Crippen LogP contribution in [-0.2, 0) is 9.53 Å². The molecule has 0 amide bonds. The summed E-state index contributed by atoms with van der Waals surface area (Å²) in [6, 6.07) is 10.2. The van der Waals surface area contributed by atoms with Gasteiger partial charge in [-0.2, -0.15) is 0 Å². The van der Waals surface area contributed by atoms with E-state index in [0.717, 1.165) is 0 Å². The second kappa shape index (κ2) is 10.1. The van der Waals surface area contributed by atoms with E-state index in [0.29, 0.717) is 37.8 Å². The van der Waals surface area contributed by atoms with Gasteiger partial charge in [0.05, 0.1) is 38.1 Å². The highest BCUT2D eigenvalue weighted by Gasteiger charge is 2.33. The highest BCUT2D eigenvalue weighted by Crippen LogP contribution is 2.36. The second-order valence-corrected chi connectivity index (χ2v) is 8.58. The molecule has 0 saturated heterocycles. The first kappa shape index (κ1) is 24.2. The number of hydrogen-bond acceptors (Lipinski definition) is 8. The van der Waals surface area contributed by atoms with Gasteiger partial charge in [0, 0.05) is 11.9 Å². The third-order valence-corrected chi connectivity index (χ3v) is 6.44. The summed E-state index contributed by atoms with van der Waals surface area (Å²) in [6.07, 6.45) is 1.55. The number of carbonyl (C=O) groups excluding carboxylic acids is 1. The Hall–Kier alpha value is -3.92. The molecule has 1 aromatic heterocycles. The number of nitrogens with one attached hydrogen (secondary N) is 1. The minimum Gasteiger partial charge on any atom is -0.493 e. The van der Waals surface area contributed by atoms with Crippen LogP contribution in [0, 0.1) is 5.82 Å². The minimum atomic E-state index is -0.780. The van der Waals surface area contributed by atoms with Crippen molar-refractivity contribution >= 4 is 29.2 Å². The molecular formula is C25H24FN3O5S. The highest BCUT2D eigenvalue weighted by atomic mass is 32.1. The Bertz CT molecular complexity index is 1470. The summed E-state index contributed by atoms with van der Waals surface area (Å²) in [5, 5.41) is 3.01. The first-order valence-electron chi connectivity index (χ1n) is 10.8. The van der Waals surface area contributed by atoms with E-state index in [1.165, 1.54) is 42.3 Å². The van der Waals surface area contributed by atoms with Crippen molar-refractivity contribution in [2.75, 3.05) is 26.1 Å². The predicted molar refractivity (Wildman–Crippen MR) is 131 cm³/mol. The van der Waals surface area contributed by atoms with E-state index in [1.54, 1.807) is 50.4 Å². The molecule has 35 heavy (non-hydrogen) atoms. The Kier molecular flexibility index (Phi) is 7.02. The Labute approximate surface area is 204 Å². The van der Waals surface area contributed by atoms with E-state index in [4.69, 9.17) is 14.2 Å². The number of carbonyl (C=O) groups is 1. The second-order valence-electron chi connectivity index (χ2n) is 7.57. The molecule has 0 saturated carbocycles. The zero-order valence-electron chi connectivity index (χ0n) is 19.6. The molecule has 0 spiro atoms. The lowest BCUT2D eigenvalue weighted by molar-refractivity contribution is -0.139. The van der Waals surface area contributed by atoms with Gasteiger partial charge in [0.25, 0.3) is 5.56 Å². The molecule has 1 atom stereocenters. The van der Waals surface area contributed by atoms with Crippen molar-refractivity contribution in [2.24, 2.45) is 4.99 Å². The largest absolute Gasteiger partial charge is 0.493 e. The molecule has 2 aromatic carbocycles. The zero-order chi connectivity index (χ0) is 25.1. The predicted octanol–water partition coefficient (Wildman–Crippen LogP) is 2.98. The summed E-state index contributed by atoms with van der Waals surface area (Å²) in [4.78, 5) is 31.5. The number of allylic oxidation sites excluding steroid dienone is 1. The molecule has 8 nitrogen and oxygen atoms in total. The lowest BCUT2D eigenvalue weighted by Crippen LogP contribution is -2.40. The number of esters is 1. The SMILES string of the molecule is CCOC(=O)C1=C(C)N=c2s/c(=C\Nc3ccc(F)cc3)c(=O)n2[C@H]1c1ccc(OC)c(OC)c1. The molecule has 0 radical (unpaired) electrons. The van der Waals surface area contributed by atoms with Crippen LogP contribution in [-0.4, -0.2) is 31.4 Å². The number of rotatable bonds is 7. The summed E-state index contributed by atoms with van der Waals surface area (Å²) in [5.74, 6) is 0.0765. The highest BCUT2D eigenvalue weighted by molar-refractivity contribution is 7.07. The number of anilines is 1. The monoisotopic (exact) mass is 497 g/mol. The molecule has 3 aromatic rings. The topological polar surface area (TPSA) is 91.2 Å². The van der Waals surface area contributed by atoms with Gasteiger partial charge in [-0.3, -0.25) is 9.36 Å². The number of hydrogen-bond donors (Lipinski definition) is 1. The van der Waals surface area contributed by atoms with Crippen molar-refractivity contribution in [3.63, 3.8) is 0 Å². The smallest absolute Gasteiger partial charge is 0.338 e. The average molecular weight is 498 g/mol. The van der Waals surface area contributed by atoms with Crippen molar-refractivity contribution in [1.29, 1.82) is 0 Å². The number of aromatic nitrogens is 1. The fourth-order valence-electron chi connectivity index (χ4n) is 3.82. The van der Waals surface area contributed by atoms with Crippen molar-refractivity contribution in [3.05, 3.63) is 84.8 Å². The summed E-state index contributed by atoms with van der Waals surface area (Å²) >= 11 is 1.18. The zero-order valence-corrected chi connectivity index (χ0v) is 20.4. The quantitative estimate of drug-likeness (QED) is 0.505. The number of ether oxygens (including phenoxy) is 3. The van der Waals surface area contributed by atoms with Gasteiger partial charge in [-0.05, 0) is 55.8 Å². The number of thiazole rings is 1. The maximum Gasteiger partial charge on any atom is 0.338 e. The first-order chi connectivity index (χ1) is 16.9. The Morgan fingerprint density at radius 1 is 1.17 bits per heavy atom. The molecule has 1 N–H and O–H groups in total. The number of benzene rings is 2. The van der Waals surface area contributed by atoms with Gasteiger partial charge in [-0.1, -0.05) is 17.4 Å². The molecule has 0 aliphatic carbocycles. The molecule has 0 unspecified atom stereocenters. The summed E-state index contributed by atoms with van der Waals surface area (Å²) in [5.41, 5.74) is 1.65. The molecular weight excluding hydrogens is 473 g/mol. The molecule has 10 heteroatoms. The van der Waals surface area contributed by atoms with Gasteiger partial charge in [-0.25, -0.2) is 14.2 Å². The van der Waals surface area contributed by atoms with E-state index >= 15 is 0 Å². The third kappa shape index (κ3) is 4.69. The fraction of sp³-hybridized carbons (Fsp3) is 0.240. The van der Waals surface area contributed by atoms with Gasteiger partial charge < -0.3 is 19.5 Å². The number of fused-ring (bicyclic) bond motifs is 1. The minimum absolute atomic E-state index is 0.181. The maximum absolute atomic E-state index is 13.5. The molecule has 0 bridgehead atoms. The van der Waals surface area contributed by atoms with Crippen molar-refractivity contribution in [3.8, 4) is 11.5 Å². The van der Waals surface area contributed by atoms with Gasteiger partial charge in [0.1, 0.15) is 10.3 Å². The Balaban J connectivity index is 1.88. The first-order valence-corrected chi connectivity index (χ1v) is 11.6. The van der Waals surface area contributed by atoms with Crippen LogP contribution in [0.4, 0.5) is 10.1 Å². The van der Waals surface area contributed by atoms with Crippen LogP contribution in [0.25, 0.3) is 6.20 Å². The van der Waals surface area contributed by atoms with Crippen LogP contribution in [0.15, 0.2) is 63.5 Å². The molecule has 1 aliphatic rings. The van der Waals surface area contributed by atoms with E-state index in [9.17, 15) is 14.0 Å². The van der Waals surface area contributed by atoms with E-state index in [2.05, 4.69) is 10.3 Å². The van der Waals surface area contributed by atoms with Crippen LogP contribution >= 0.6 is 11.3 Å². The van der Waals surface area contributed by atoms with E-state index in [-0.39, 0.29) is 23.6 Å². The van der Waals surface area contributed by atoms with Gasteiger partial charge >= 0.3 is 5.97 Å². The standard InChI is InChI=1S/C25H24FN3O5S/c1-5-34-24(31)21-14(2)28-25-29(22(21)15-6-11-18(32-3)19(12-15)33-4)23(30)20(35-25)13-27-17-9-7-16(26)8-10-17/h6-13,22,27H,5H2,1-4H3/b20-13-/t22-/m0/s1. The lowest BCUT2D eigenvalue weighted by Gasteiger charge is -2.25. The van der Waals surface area contributed by atoms with Crippen molar-refractivity contribution in [1.82, 2.24) is 4.57 Å². The van der Waals surface area contributed by atoms with Gasteiger partial charge in [0.2, 0.25) is 0 Å². The third-order valence-electron chi connectivity index (χ3n) is 5.45. The molecule has 1 aliphatic heterocycles. The summed E-state index contributed by atoms with van der Waals surface area (Å²) < 4.78 is 31.2. The molecule has 4 rings (SSSR count). The van der Waals surface area contributed by atoms with E-state index in [1.807, 2.05) is 0 Å².